The summed E-state index contributed by atoms with van der Waals surface area (Å²) in [7, 11) is 1.58. The molecule has 1 N–H and O–H groups in total. The topological polar surface area (TPSA) is 59.9 Å². The molecule has 0 aliphatic heterocycles. The Kier molecular flexibility index (Phi) is 8.75. The maximum Gasteiger partial charge on any atom is 0.259 e. The van der Waals surface area contributed by atoms with Gasteiger partial charge in [0.05, 0.1) is 23.8 Å². The van der Waals surface area contributed by atoms with Gasteiger partial charge in [-0.2, -0.15) is 0 Å². The van der Waals surface area contributed by atoms with E-state index in [-0.39, 0.29) is 17.4 Å². The van der Waals surface area contributed by atoms with Crippen LogP contribution in [0.1, 0.15) is 67.4 Å². The molecule has 1 heterocycles. The zero-order valence-corrected chi connectivity index (χ0v) is 25.0. The Hall–Kier alpha value is -2.54. The van der Waals surface area contributed by atoms with E-state index in [1.54, 1.807) is 55.0 Å². The Morgan fingerprint density at radius 3 is 2.53 bits per heavy atom. The molecule has 3 aromatic rings. The van der Waals surface area contributed by atoms with Crippen LogP contribution in [0.2, 0.25) is 10.0 Å². The minimum absolute atomic E-state index is 0.0445. The van der Waals surface area contributed by atoms with Gasteiger partial charge in [-0.1, -0.05) is 44.0 Å². The highest BCUT2D eigenvalue weighted by molar-refractivity contribution is 7.16. The molecule has 38 heavy (non-hydrogen) atoms. The zero-order valence-electron chi connectivity index (χ0n) is 22.7. The Bertz CT molecular complexity index is 1340. The van der Waals surface area contributed by atoms with Crippen molar-refractivity contribution in [2.24, 2.45) is 16.3 Å². The lowest BCUT2D eigenvalue weighted by atomic mass is 9.72. The number of thiophene rings is 1. The normalized spacial score (nSPS) is 15.6. The first-order valence-corrected chi connectivity index (χ1v) is 14.3. The van der Waals surface area contributed by atoms with E-state index in [2.05, 4.69) is 26.1 Å². The molecule has 0 bridgehead atoms. The number of nitrogens with one attached hydrogen (secondary N) is 1. The first-order chi connectivity index (χ1) is 18.0. The predicted molar refractivity (Wildman–Crippen MR) is 160 cm³/mol. The lowest BCUT2D eigenvalue weighted by Gasteiger charge is -2.33. The van der Waals surface area contributed by atoms with Crippen LogP contribution in [0.15, 0.2) is 41.4 Å². The van der Waals surface area contributed by atoms with Gasteiger partial charge in [0.25, 0.3) is 5.91 Å². The number of fused-ring (bicyclic) bond motifs is 1. The fraction of sp³-hybridized carbons (Fsp3) is 0.400. The standard InChI is InChI=1S/C30H34Cl2N2O3S/c1-17(2)37-27-23(32)13-18(14-24(27)36-6)16-33-29-26(28(35)34-21-10-8-20(31)9-11-21)22-12-7-19(30(3,4)5)15-25(22)38-29/h8-11,13-14,16-17,19H,7,12,15H2,1-6H3,(H,34,35)/t19-/m0/s1. The third kappa shape index (κ3) is 6.53. The second kappa shape index (κ2) is 11.7. The van der Waals surface area contributed by atoms with Crippen molar-refractivity contribution in [2.45, 2.75) is 60.0 Å². The van der Waals surface area contributed by atoms with E-state index < -0.39 is 0 Å². The summed E-state index contributed by atoms with van der Waals surface area (Å²) in [5.41, 5.74) is 3.39. The minimum Gasteiger partial charge on any atom is -0.493 e. The van der Waals surface area contributed by atoms with Gasteiger partial charge in [-0.3, -0.25) is 4.79 Å². The zero-order chi connectivity index (χ0) is 27.6. The van der Waals surface area contributed by atoms with E-state index >= 15 is 0 Å². The fourth-order valence-electron chi connectivity index (χ4n) is 4.66. The molecule has 5 nitrogen and oxygen atoms in total. The van der Waals surface area contributed by atoms with E-state index in [0.717, 1.165) is 30.4 Å². The molecular weight excluding hydrogens is 539 g/mol. The van der Waals surface area contributed by atoms with E-state index in [1.807, 2.05) is 19.9 Å². The number of amides is 1. The number of halogens is 2. The summed E-state index contributed by atoms with van der Waals surface area (Å²) in [6.45, 7) is 10.7. The fourth-order valence-corrected chi connectivity index (χ4v) is 6.32. The van der Waals surface area contributed by atoms with E-state index in [1.165, 1.54) is 4.88 Å². The van der Waals surface area contributed by atoms with Crippen molar-refractivity contribution in [1.29, 1.82) is 0 Å². The number of ether oxygens (including phenoxy) is 2. The van der Waals surface area contributed by atoms with Crippen LogP contribution >= 0.6 is 34.5 Å². The van der Waals surface area contributed by atoms with E-state index in [9.17, 15) is 4.79 Å². The van der Waals surface area contributed by atoms with Crippen molar-refractivity contribution in [3.05, 3.63) is 68.0 Å². The first kappa shape index (κ1) is 28.5. The van der Waals surface area contributed by atoms with Gasteiger partial charge >= 0.3 is 0 Å². The van der Waals surface area contributed by atoms with Crippen LogP contribution in [0.5, 0.6) is 11.5 Å². The lowest BCUT2D eigenvalue weighted by molar-refractivity contribution is 0.102. The van der Waals surface area contributed by atoms with Crippen molar-refractivity contribution < 1.29 is 14.3 Å². The SMILES string of the molecule is COc1cc(C=Nc2sc3c(c2C(=O)Nc2ccc(Cl)cc2)CC[C@H](C(C)(C)C)C3)cc(Cl)c1OC(C)C. The second-order valence-electron chi connectivity index (χ2n) is 10.9. The quantitative estimate of drug-likeness (QED) is 0.287. The molecule has 8 heteroatoms. The maximum absolute atomic E-state index is 13.6. The average molecular weight is 574 g/mol. The van der Waals surface area contributed by atoms with E-state index in [4.69, 9.17) is 37.7 Å². The van der Waals surface area contributed by atoms with E-state index in [0.29, 0.717) is 43.7 Å². The van der Waals surface area contributed by atoms with Crippen molar-refractivity contribution in [3.63, 3.8) is 0 Å². The lowest BCUT2D eigenvalue weighted by Crippen LogP contribution is -2.27. The molecule has 1 aliphatic carbocycles. The van der Waals surface area contributed by atoms with Crippen LogP contribution in [0.3, 0.4) is 0 Å². The number of carbonyl (C=O) groups is 1. The smallest absolute Gasteiger partial charge is 0.259 e. The molecule has 0 radical (unpaired) electrons. The van der Waals surface area contributed by atoms with Crippen molar-refractivity contribution in [1.82, 2.24) is 0 Å². The van der Waals surface area contributed by atoms with Gasteiger partial charge in [0.15, 0.2) is 11.5 Å². The molecule has 4 rings (SSSR count). The van der Waals surface area contributed by atoms with Crippen LogP contribution in [-0.4, -0.2) is 25.3 Å². The molecule has 0 saturated heterocycles. The molecule has 2 aromatic carbocycles. The van der Waals surface area contributed by atoms with Gasteiger partial charge in [-0.25, -0.2) is 4.99 Å². The third-order valence-electron chi connectivity index (χ3n) is 6.74. The van der Waals surface area contributed by atoms with Crippen LogP contribution in [-0.2, 0) is 12.8 Å². The summed E-state index contributed by atoms with van der Waals surface area (Å²) < 4.78 is 11.4. The van der Waals surface area contributed by atoms with Crippen LogP contribution in [0.4, 0.5) is 10.7 Å². The number of carbonyl (C=O) groups excluding carboxylic acids is 1. The molecule has 1 aromatic heterocycles. The number of methoxy groups -OCH3 is 1. The summed E-state index contributed by atoms with van der Waals surface area (Å²) in [4.78, 5) is 19.6. The summed E-state index contributed by atoms with van der Waals surface area (Å²) in [5.74, 6) is 1.42. The first-order valence-electron chi connectivity index (χ1n) is 12.8. The average Bonchev–Trinajstić information content (AvgIpc) is 3.22. The number of hydrogen-bond donors (Lipinski definition) is 1. The molecule has 0 saturated carbocycles. The highest BCUT2D eigenvalue weighted by Gasteiger charge is 2.33. The molecule has 0 spiro atoms. The Morgan fingerprint density at radius 2 is 1.89 bits per heavy atom. The number of aliphatic imine (C=N–C) groups is 1. The number of anilines is 1. The highest BCUT2D eigenvalue weighted by atomic mass is 35.5. The Labute approximate surface area is 239 Å². The maximum atomic E-state index is 13.6. The predicted octanol–water partition coefficient (Wildman–Crippen LogP) is 9.00. The molecule has 1 aliphatic rings. The molecule has 0 unspecified atom stereocenters. The molecule has 1 atom stereocenters. The molecule has 0 fully saturated rings. The number of benzene rings is 2. The number of hydrogen-bond acceptors (Lipinski definition) is 5. The van der Waals surface area contributed by atoms with Gasteiger partial charge in [-0.15, -0.1) is 11.3 Å². The van der Waals surface area contributed by atoms with Crippen molar-refractivity contribution in [2.75, 3.05) is 12.4 Å². The summed E-state index contributed by atoms with van der Waals surface area (Å²) in [6, 6.07) is 10.7. The number of rotatable bonds is 7. The van der Waals surface area contributed by atoms with Crippen molar-refractivity contribution in [3.8, 4) is 11.5 Å². The highest BCUT2D eigenvalue weighted by Crippen LogP contribution is 2.45. The van der Waals surface area contributed by atoms with Gasteiger partial charge in [0.2, 0.25) is 0 Å². The van der Waals surface area contributed by atoms with Crippen LogP contribution in [0, 0.1) is 11.3 Å². The minimum atomic E-state index is -0.164. The number of nitrogens with zero attached hydrogens (tertiary/aromatic N) is 1. The van der Waals surface area contributed by atoms with Crippen LogP contribution in [0.25, 0.3) is 0 Å². The summed E-state index contributed by atoms with van der Waals surface area (Å²) >= 11 is 14.2. The molecule has 202 valence electrons. The van der Waals surface area contributed by atoms with Gasteiger partial charge in [0.1, 0.15) is 5.00 Å². The molecule has 1 amide bonds. The van der Waals surface area contributed by atoms with Crippen molar-refractivity contribution >= 4 is 57.3 Å². The summed E-state index contributed by atoms with van der Waals surface area (Å²) in [5, 5.41) is 4.78. The largest absolute Gasteiger partial charge is 0.493 e. The molecular formula is C30H34Cl2N2O3S. The Morgan fingerprint density at radius 1 is 1.18 bits per heavy atom. The third-order valence-corrected chi connectivity index (χ3v) is 8.43. The second-order valence-corrected chi connectivity index (χ2v) is 12.8. The van der Waals surface area contributed by atoms with Gasteiger partial charge < -0.3 is 14.8 Å². The van der Waals surface area contributed by atoms with Gasteiger partial charge in [-0.05, 0) is 92.0 Å². The van der Waals surface area contributed by atoms with Crippen LogP contribution < -0.4 is 14.8 Å². The monoisotopic (exact) mass is 572 g/mol. The Balaban J connectivity index is 1.71. The summed E-state index contributed by atoms with van der Waals surface area (Å²) in [6.07, 6.45) is 4.53. The van der Waals surface area contributed by atoms with Gasteiger partial charge in [0, 0.05) is 21.8 Å².